The summed E-state index contributed by atoms with van der Waals surface area (Å²) in [6, 6.07) is 2.21. The van der Waals surface area contributed by atoms with Crippen molar-refractivity contribution in [2.24, 2.45) is 5.92 Å². The van der Waals surface area contributed by atoms with Gasteiger partial charge in [-0.1, -0.05) is 6.92 Å². The minimum atomic E-state index is 0.549. The molecule has 2 unspecified atom stereocenters. The molecule has 1 aromatic heterocycles. The van der Waals surface area contributed by atoms with Crippen molar-refractivity contribution in [3.63, 3.8) is 0 Å². The Morgan fingerprint density at radius 1 is 1.58 bits per heavy atom. The molecule has 1 nitrogen and oxygen atoms in total. The lowest BCUT2D eigenvalue weighted by Gasteiger charge is -2.26. The van der Waals surface area contributed by atoms with Crippen LogP contribution in [0.1, 0.15) is 17.9 Å². The van der Waals surface area contributed by atoms with Crippen molar-refractivity contribution < 1.29 is 0 Å². The fourth-order valence-electron chi connectivity index (χ4n) is 1.32. The van der Waals surface area contributed by atoms with E-state index in [1.165, 1.54) is 11.3 Å². The van der Waals surface area contributed by atoms with Crippen LogP contribution in [-0.4, -0.2) is 12.3 Å². The Bertz CT molecular complexity index is 225. The molecule has 2 atom stereocenters. The van der Waals surface area contributed by atoms with Gasteiger partial charge in [-0.3, -0.25) is 0 Å². The number of rotatable bonds is 1. The van der Waals surface area contributed by atoms with Crippen LogP contribution in [0, 0.1) is 5.92 Å². The number of hydrogen-bond acceptors (Lipinski definition) is 3. The smallest absolute Gasteiger partial charge is 0.0797 e. The van der Waals surface area contributed by atoms with Crippen molar-refractivity contribution in [1.82, 2.24) is 5.32 Å². The highest BCUT2D eigenvalue weighted by molar-refractivity contribution is 7.99. The first-order valence-electron chi connectivity index (χ1n) is 4.23. The standard InChI is InChI=1S/C9H13NS2/c1-7-4-10-9(12-5-7)8-2-3-11-6-8/h2-3,6-7,9-10H,4-5H2,1H3. The Balaban J connectivity index is 1.99. The third-order valence-electron chi connectivity index (χ3n) is 2.05. The lowest BCUT2D eigenvalue weighted by atomic mass is 10.2. The molecule has 1 aromatic rings. The summed E-state index contributed by atoms with van der Waals surface area (Å²) in [6.07, 6.45) is 0. The molecule has 0 amide bonds. The van der Waals surface area contributed by atoms with Crippen LogP contribution in [-0.2, 0) is 0 Å². The van der Waals surface area contributed by atoms with E-state index in [1.807, 2.05) is 11.8 Å². The topological polar surface area (TPSA) is 12.0 Å². The molecule has 0 aliphatic carbocycles. The molecule has 12 heavy (non-hydrogen) atoms. The Morgan fingerprint density at radius 3 is 3.08 bits per heavy atom. The summed E-state index contributed by atoms with van der Waals surface area (Å²) in [7, 11) is 0. The first-order valence-corrected chi connectivity index (χ1v) is 6.22. The molecule has 0 radical (unpaired) electrons. The monoisotopic (exact) mass is 199 g/mol. The molecule has 0 spiro atoms. The second kappa shape index (κ2) is 3.81. The summed E-state index contributed by atoms with van der Waals surface area (Å²) >= 11 is 3.81. The highest BCUT2D eigenvalue weighted by atomic mass is 32.2. The van der Waals surface area contributed by atoms with Gasteiger partial charge >= 0.3 is 0 Å². The lowest BCUT2D eigenvalue weighted by Crippen LogP contribution is -2.30. The highest BCUT2D eigenvalue weighted by Gasteiger charge is 2.19. The molecule has 1 aliphatic heterocycles. The number of thiophene rings is 1. The summed E-state index contributed by atoms with van der Waals surface area (Å²) in [5.74, 6) is 2.11. The third kappa shape index (κ3) is 1.84. The molecule has 1 fully saturated rings. The minimum absolute atomic E-state index is 0.549. The molecule has 2 rings (SSSR count). The van der Waals surface area contributed by atoms with Gasteiger partial charge in [0.05, 0.1) is 5.37 Å². The van der Waals surface area contributed by atoms with E-state index in [-0.39, 0.29) is 0 Å². The molecule has 66 valence electrons. The van der Waals surface area contributed by atoms with Crippen LogP contribution in [0.5, 0.6) is 0 Å². The Kier molecular flexibility index (Phi) is 2.73. The first kappa shape index (κ1) is 8.60. The van der Waals surface area contributed by atoms with Gasteiger partial charge in [-0.05, 0) is 40.6 Å². The van der Waals surface area contributed by atoms with E-state index < -0.39 is 0 Å². The van der Waals surface area contributed by atoms with E-state index in [0.717, 1.165) is 12.5 Å². The summed E-state index contributed by atoms with van der Waals surface area (Å²) in [5.41, 5.74) is 1.44. The van der Waals surface area contributed by atoms with Crippen LogP contribution in [0.4, 0.5) is 0 Å². The van der Waals surface area contributed by atoms with E-state index in [9.17, 15) is 0 Å². The average molecular weight is 199 g/mol. The van der Waals surface area contributed by atoms with Crippen LogP contribution < -0.4 is 5.32 Å². The van der Waals surface area contributed by atoms with Crippen molar-refractivity contribution in [1.29, 1.82) is 0 Å². The summed E-state index contributed by atoms with van der Waals surface area (Å²) in [4.78, 5) is 0. The third-order valence-corrected chi connectivity index (χ3v) is 4.28. The molecular weight excluding hydrogens is 186 g/mol. The van der Waals surface area contributed by atoms with E-state index in [4.69, 9.17) is 0 Å². The van der Waals surface area contributed by atoms with E-state index in [0.29, 0.717) is 5.37 Å². The van der Waals surface area contributed by atoms with Gasteiger partial charge in [-0.2, -0.15) is 11.3 Å². The van der Waals surface area contributed by atoms with Crippen molar-refractivity contribution in [3.8, 4) is 0 Å². The molecule has 0 saturated carbocycles. The number of hydrogen-bond donors (Lipinski definition) is 1. The Labute approximate surface area is 81.6 Å². The van der Waals surface area contributed by atoms with E-state index >= 15 is 0 Å². The van der Waals surface area contributed by atoms with Crippen molar-refractivity contribution >= 4 is 23.1 Å². The normalized spacial score (nSPS) is 30.4. The van der Waals surface area contributed by atoms with Crippen molar-refractivity contribution in [2.75, 3.05) is 12.3 Å². The lowest BCUT2D eigenvalue weighted by molar-refractivity contribution is 0.530. The molecule has 1 saturated heterocycles. The van der Waals surface area contributed by atoms with Crippen LogP contribution in [0.15, 0.2) is 16.8 Å². The second-order valence-corrected chi connectivity index (χ2v) is 5.20. The Hall–Kier alpha value is 0.01000. The van der Waals surface area contributed by atoms with Gasteiger partial charge in [0.2, 0.25) is 0 Å². The molecule has 0 bridgehead atoms. The summed E-state index contributed by atoms with van der Waals surface area (Å²) in [5, 5.41) is 8.47. The fraction of sp³-hybridized carbons (Fsp3) is 0.556. The predicted molar refractivity (Wildman–Crippen MR) is 56.7 cm³/mol. The fourth-order valence-corrected chi connectivity index (χ4v) is 3.29. The maximum absolute atomic E-state index is 3.54. The summed E-state index contributed by atoms with van der Waals surface area (Å²) < 4.78 is 0. The maximum atomic E-state index is 3.54. The molecule has 1 N–H and O–H groups in total. The quantitative estimate of drug-likeness (QED) is 0.746. The summed E-state index contributed by atoms with van der Waals surface area (Å²) in [6.45, 7) is 3.46. The van der Waals surface area contributed by atoms with Crippen LogP contribution in [0.25, 0.3) is 0 Å². The maximum Gasteiger partial charge on any atom is 0.0797 e. The average Bonchev–Trinajstić information content (AvgIpc) is 2.58. The van der Waals surface area contributed by atoms with Crippen molar-refractivity contribution in [3.05, 3.63) is 22.4 Å². The van der Waals surface area contributed by atoms with E-state index in [2.05, 4.69) is 29.1 Å². The Morgan fingerprint density at radius 2 is 2.50 bits per heavy atom. The van der Waals surface area contributed by atoms with Gasteiger partial charge in [0, 0.05) is 0 Å². The zero-order valence-corrected chi connectivity index (χ0v) is 8.75. The van der Waals surface area contributed by atoms with Gasteiger partial charge in [-0.15, -0.1) is 11.8 Å². The van der Waals surface area contributed by atoms with Crippen molar-refractivity contribution in [2.45, 2.75) is 12.3 Å². The molecule has 2 heterocycles. The van der Waals surface area contributed by atoms with Gasteiger partial charge in [0.1, 0.15) is 0 Å². The largest absolute Gasteiger partial charge is 0.301 e. The second-order valence-electron chi connectivity index (χ2n) is 3.28. The van der Waals surface area contributed by atoms with Gasteiger partial charge in [-0.25, -0.2) is 0 Å². The SMILES string of the molecule is CC1CNC(c2ccsc2)SC1. The zero-order valence-electron chi connectivity index (χ0n) is 7.12. The van der Waals surface area contributed by atoms with Crippen LogP contribution >= 0.6 is 23.1 Å². The molecule has 3 heteroatoms. The molecule has 1 aliphatic rings. The first-order chi connectivity index (χ1) is 5.86. The van der Waals surface area contributed by atoms with E-state index in [1.54, 1.807) is 11.3 Å². The van der Waals surface area contributed by atoms with Gasteiger partial charge in [0.25, 0.3) is 0 Å². The number of nitrogens with one attached hydrogen (secondary N) is 1. The molecule has 0 aromatic carbocycles. The minimum Gasteiger partial charge on any atom is -0.301 e. The zero-order chi connectivity index (χ0) is 8.39. The predicted octanol–water partition coefficient (Wildman–Crippen LogP) is 2.72. The highest BCUT2D eigenvalue weighted by Crippen LogP contribution is 2.32. The van der Waals surface area contributed by atoms with Gasteiger partial charge in [0.15, 0.2) is 0 Å². The van der Waals surface area contributed by atoms with Crippen LogP contribution in [0.2, 0.25) is 0 Å². The number of thioether (sulfide) groups is 1. The molecular formula is C9H13NS2. The van der Waals surface area contributed by atoms with Crippen LogP contribution in [0.3, 0.4) is 0 Å². The van der Waals surface area contributed by atoms with Gasteiger partial charge < -0.3 is 5.32 Å².